The van der Waals surface area contributed by atoms with Crippen molar-refractivity contribution in [2.24, 2.45) is 0 Å². The number of carbonyl (C=O) groups is 1. The number of rotatable bonds is 1. The first kappa shape index (κ1) is 12.7. The minimum atomic E-state index is 0.193. The maximum Gasteiger partial charge on any atom is 0.254 e. The summed E-state index contributed by atoms with van der Waals surface area (Å²) in [6, 6.07) is 10.6. The molecule has 19 heavy (non-hydrogen) atoms. The number of piperazine rings is 1. The number of hydrogen-bond donors (Lipinski definition) is 0. The SMILES string of the molecule is C[C@H]1CN2CCCC[C@H]2CN1C(=O)c1ccccc1. The minimum Gasteiger partial charge on any atom is -0.333 e. The Balaban J connectivity index is 1.75. The molecular weight excluding hydrogens is 236 g/mol. The van der Waals surface area contributed by atoms with Gasteiger partial charge in [0.15, 0.2) is 0 Å². The molecule has 1 amide bonds. The summed E-state index contributed by atoms with van der Waals surface area (Å²) in [7, 11) is 0. The van der Waals surface area contributed by atoms with E-state index in [2.05, 4.69) is 16.7 Å². The van der Waals surface area contributed by atoms with E-state index in [-0.39, 0.29) is 5.91 Å². The molecule has 3 rings (SSSR count). The van der Waals surface area contributed by atoms with Gasteiger partial charge in [-0.05, 0) is 38.4 Å². The largest absolute Gasteiger partial charge is 0.333 e. The van der Waals surface area contributed by atoms with Crippen molar-refractivity contribution in [1.82, 2.24) is 9.80 Å². The quantitative estimate of drug-likeness (QED) is 0.772. The molecule has 2 heterocycles. The number of nitrogens with zero attached hydrogens (tertiary/aromatic N) is 2. The van der Waals surface area contributed by atoms with E-state index in [1.54, 1.807) is 0 Å². The van der Waals surface area contributed by atoms with Gasteiger partial charge in [0.2, 0.25) is 0 Å². The number of benzene rings is 1. The summed E-state index contributed by atoms with van der Waals surface area (Å²) in [5, 5.41) is 0. The number of amides is 1. The van der Waals surface area contributed by atoms with E-state index in [1.165, 1.54) is 25.8 Å². The molecule has 0 aromatic heterocycles. The van der Waals surface area contributed by atoms with Crippen LogP contribution in [0.25, 0.3) is 0 Å². The summed E-state index contributed by atoms with van der Waals surface area (Å²) in [6.07, 6.45) is 3.87. The van der Waals surface area contributed by atoms with Crippen LogP contribution < -0.4 is 0 Å². The molecule has 0 N–H and O–H groups in total. The van der Waals surface area contributed by atoms with Crippen LogP contribution in [0, 0.1) is 0 Å². The van der Waals surface area contributed by atoms with Gasteiger partial charge in [0.05, 0.1) is 0 Å². The molecule has 0 unspecified atom stereocenters. The molecular formula is C16H22N2O. The van der Waals surface area contributed by atoms with Gasteiger partial charge in [-0.2, -0.15) is 0 Å². The third kappa shape index (κ3) is 2.52. The van der Waals surface area contributed by atoms with Crippen LogP contribution in [0.15, 0.2) is 30.3 Å². The van der Waals surface area contributed by atoms with Crippen molar-refractivity contribution in [3.8, 4) is 0 Å². The van der Waals surface area contributed by atoms with Gasteiger partial charge in [-0.15, -0.1) is 0 Å². The van der Waals surface area contributed by atoms with Gasteiger partial charge in [-0.25, -0.2) is 0 Å². The topological polar surface area (TPSA) is 23.6 Å². The maximum absolute atomic E-state index is 12.6. The van der Waals surface area contributed by atoms with E-state index < -0.39 is 0 Å². The molecule has 0 saturated carbocycles. The average molecular weight is 258 g/mol. The van der Waals surface area contributed by atoms with Gasteiger partial charge in [0.25, 0.3) is 5.91 Å². The van der Waals surface area contributed by atoms with Crippen molar-refractivity contribution in [3.63, 3.8) is 0 Å². The average Bonchev–Trinajstić information content (AvgIpc) is 2.47. The van der Waals surface area contributed by atoms with Crippen molar-refractivity contribution >= 4 is 5.91 Å². The summed E-state index contributed by atoms with van der Waals surface area (Å²) in [6.45, 7) is 5.31. The Morgan fingerprint density at radius 2 is 1.95 bits per heavy atom. The summed E-state index contributed by atoms with van der Waals surface area (Å²) in [5.41, 5.74) is 0.818. The number of piperidine rings is 1. The van der Waals surface area contributed by atoms with Crippen LogP contribution in [0.3, 0.4) is 0 Å². The highest BCUT2D eigenvalue weighted by Crippen LogP contribution is 2.25. The van der Waals surface area contributed by atoms with E-state index in [1.807, 2.05) is 30.3 Å². The molecule has 2 saturated heterocycles. The number of carbonyl (C=O) groups excluding carboxylic acids is 1. The van der Waals surface area contributed by atoms with Gasteiger partial charge < -0.3 is 4.90 Å². The van der Waals surface area contributed by atoms with Crippen molar-refractivity contribution in [3.05, 3.63) is 35.9 Å². The molecule has 2 atom stereocenters. The van der Waals surface area contributed by atoms with Gasteiger partial charge >= 0.3 is 0 Å². The normalized spacial score (nSPS) is 27.9. The van der Waals surface area contributed by atoms with Crippen LogP contribution >= 0.6 is 0 Å². The Bertz CT molecular complexity index is 445. The Morgan fingerprint density at radius 1 is 1.16 bits per heavy atom. The Kier molecular flexibility index (Phi) is 3.56. The molecule has 1 aromatic carbocycles. The Morgan fingerprint density at radius 3 is 2.74 bits per heavy atom. The highest BCUT2D eigenvalue weighted by molar-refractivity contribution is 5.94. The zero-order chi connectivity index (χ0) is 13.2. The van der Waals surface area contributed by atoms with Crippen LogP contribution in [-0.4, -0.2) is 47.4 Å². The molecule has 0 bridgehead atoms. The van der Waals surface area contributed by atoms with Crippen LogP contribution in [0.4, 0.5) is 0 Å². The predicted molar refractivity (Wildman–Crippen MR) is 76.2 cm³/mol. The molecule has 0 radical (unpaired) electrons. The second-order valence-corrected chi connectivity index (χ2v) is 5.82. The maximum atomic E-state index is 12.6. The molecule has 3 nitrogen and oxygen atoms in total. The van der Waals surface area contributed by atoms with E-state index in [9.17, 15) is 4.79 Å². The number of fused-ring (bicyclic) bond motifs is 1. The highest BCUT2D eigenvalue weighted by Gasteiger charge is 2.35. The van der Waals surface area contributed by atoms with E-state index in [0.29, 0.717) is 12.1 Å². The van der Waals surface area contributed by atoms with Gasteiger partial charge in [-0.3, -0.25) is 9.69 Å². The summed E-state index contributed by atoms with van der Waals surface area (Å²) >= 11 is 0. The van der Waals surface area contributed by atoms with Crippen molar-refractivity contribution in [2.75, 3.05) is 19.6 Å². The van der Waals surface area contributed by atoms with Gasteiger partial charge in [0.1, 0.15) is 0 Å². The van der Waals surface area contributed by atoms with Crippen molar-refractivity contribution < 1.29 is 4.79 Å². The second-order valence-electron chi connectivity index (χ2n) is 5.82. The van der Waals surface area contributed by atoms with Crippen molar-refractivity contribution in [1.29, 1.82) is 0 Å². The van der Waals surface area contributed by atoms with E-state index in [0.717, 1.165) is 18.7 Å². The predicted octanol–water partition coefficient (Wildman–Crippen LogP) is 2.39. The fraction of sp³-hybridized carbons (Fsp3) is 0.562. The zero-order valence-corrected chi connectivity index (χ0v) is 11.6. The monoisotopic (exact) mass is 258 g/mol. The smallest absolute Gasteiger partial charge is 0.254 e. The zero-order valence-electron chi connectivity index (χ0n) is 11.6. The first-order valence-electron chi connectivity index (χ1n) is 7.36. The third-order valence-electron chi connectivity index (χ3n) is 4.47. The van der Waals surface area contributed by atoms with E-state index >= 15 is 0 Å². The first-order chi connectivity index (χ1) is 9.25. The fourth-order valence-corrected chi connectivity index (χ4v) is 3.38. The number of hydrogen-bond acceptors (Lipinski definition) is 2. The summed E-state index contributed by atoms with van der Waals surface area (Å²) in [4.78, 5) is 17.2. The fourth-order valence-electron chi connectivity index (χ4n) is 3.38. The second kappa shape index (κ2) is 5.33. The summed E-state index contributed by atoms with van der Waals surface area (Å²) in [5.74, 6) is 0.193. The summed E-state index contributed by atoms with van der Waals surface area (Å²) < 4.78 is 0. The molecule has 0 spiro atoms. The highest BCUT2D eigenvalue weighted by atomic mass is 16.2. The van der Waals surface area contributed by atoms with E-state index in [4.69, 9.17) is 0 Å². The lowest BCUT2D eigenvalue weighted by atomic mass is 9.96. The van der Waals surface area contributed by atoms with Crippen molar-refractivity contribution in [2.45, 2.75) is 38.3 Å². The standard InChI is InChI=1S/C16H22N2O/c1-13-11-17-10-6-5-9-15(17)12-18(13)16(19)14-7-3-2-4-8-14/h2-4,7-8,13,15H,5-6,9-12H2,1H3/t13-,15-/m0/s1. The molecule has 2 aliphatic heterocycles. The lowest BCUT2D eigenvalue weighted by Crippen LogP contribution is -2.60. The first-order valence-corrected chi connectivity index (χ1v) is 7.36. The van der Waals surface area contributed by atoms with Crippen LogP contribution in [0.2, 0.25) is 0 Å². The van der Waals surface area contributed by atoms with Gasteiger partial charge in [0, 0.05) is 30.7 Å². The van der Waals surface area contributed by atoms with Crippen LogP contribution in [0.5, 0.6) is 0 Å². The third-order valence-corrected chi connectivity index (χ3v) is 4.47. The molecule has 2 fully saturated rings. The van der Waals surface area contributed by atoms with Gasteiger partial charge in [-0.1, -0.05) is 24.6 Å². The molecule has 0 aliphatic carbocycles. The Hall–Kier alpha value is -1.35. The minimum absolute atomic E-state index is 0.193. The molecule has 2 aliphatic rings. The lowest BCUT2D eigenvalue weighted by molar-refractivity contribution is 0.0151. The molecule has 102 valence electrons. The lowest BCUT2D eigenvalue weighted by Gasteiger charge is -2.47. The van der Waals surface area contributed by atoms with Crippen LogP contribution in [0.1, 0.15) is 36.5 Å². The van der Waals surface area contributed by atoms with Crippen LogP contribution in [-0.2, 0) is 0 Å². The molecule has 1 aromatic rings. The Labute approximate surface area is 115 Å². The molecule has 3 heteroatoms.